The summed E-state index contributed by atoms with van der Waals surface area (Å²) in [6.07, 6.45) is 2.04. The minimum atomic E-state index is 0.174. The van der Waals surface area contributed by atoms with Crippen molar-refractivity contribution in [3.8, 4) is 0 Å². The summed E-state index contributed by atoms with van der Waals surface area (Å²) in [4.78, 5) is 17.3. The molecule has 2 atom stereocenters. The van der Waals surface area contributed by atoms with Crippen LogP contribution in [0.3, 0.4) is 0 Å². The maximum atomic E-state index is 12.3. The molecule has 1 aliphatic heterocycles. The van der Waals surface area contributed by atoms with Gasteiger partial charge in [0, 0.05) is 43.1 Å². The van der Waals surface area contributed by atoms with Crippen molar-refractivity contribution in [2.75, 3.05) is 45.8 Å². The summed E-state index contributed by atoms with van der Waals surface area (Å²) in [7, 11) is 0. The fourth-order valence-electron chi connectivity index (χ4n) is 3.56. The second kappa shape index (κ2) is 8.45. The highest BCUT2D eigenvalue weighted by Crippen LogP contribution is 2.47. The monoisotopic (exact) mass is 393 g/mol. The highest BCUT2D eigenvalue weighted by molar-refractivity contribution is 9.10. The predicted octanol–water partition coefficient (Wildman–Crippen LogP) is 2.70. The van der Waals surface area contributed by atoms with E-state index < -0.39 is 0 Å². The molecule has 2 unspecified atom stereocenters. The maximum Gasteiger partial charge on any atom is 0.223 e. The summed E-state index contributed by atoms with van der Waals surface area (Å²) in [5, 5.41) is 3.13. The lowest BCUT2D eigenvalue weighted by atomic mass is 10.1. The first kappa shape index (κ1) is 17.9. The number of benzene rings is 1. The van der Waals surface area contributed by atoms with E-state index in [1.54, 1.807) is 0 Å². The van der Waals surface area contributed by atoms with E-state index in [1.165, 1.54) is 18.7 Å². The predicted molar refractivity (Wildman–Crippen MR) is 101 cm³/mol. The van der Waals surface area contributed by atoms with Gasteiger partial charge in [-0.3, -0.25) is 4.79 Å². The number of piperazine rings is 1. The van der Waals surface area contributed by atoms with Gasteiger partial charge in [-0.15, -0.1) is 0 Å². The lowest BCUT2D eigenvalue weighted by molar-refractivity contribution is -0.122. The van der Waals surface area contributed by atoms with Crippen molar-refractivity contribution >= 4 is 21.8 Å². The van der Waals surface area contributed by atoms with Gasteiger partial charge in [0.05, 0.1) is 0 Å². The van der Waals surface area contributed by atoms with Crippen LogP contribution in [0.15, 0.2) is 28.7 Å². The first-order valence-electron chi connectivity index (χ1n) is 9.15. The minimum absolute atomic E-state index is 0.174. The van der Waals surface area contributed by atoms with Crippen molar-refractivity contribution in [1.29, 1.82) is 0 Å². The molecule has 0 bridgehead atoms. The quantitative estimate of drug-likeness (QED) is 0.723. The van der Waals surface area contributed by atoms with Crippen LogP contribution in [-0.4, -0.2) is 61.5 Å². The smallest absolute Gasteiger partial charge is 0.223 e. The molecule has 4 nitrogen and oxygen atoms in total. The highest BCUT2D eigenvalue weighted by Gasteiger charge is 2.43. The van der Waals surface area contributed by atoms with Gasteiger partial charge >= 0.3 is 0 Å². The molecule has 0 aromatic heterocycles. The number of likely N-dealkylation sites (N-methyl/N-ethyl adjacent to an activating group) is 1. The van der Waals surface area contributed by atoms with E-state index in [9.17, 15) is 4.79 Å². The molecule has 24 heavy (non-hydrogen) atoms. The molecule has 1 aromatic rings. The molecule has 1 aliphatic carbocycles. The van der Waals surface area contributed by atoms with Crippen molar-refractivity contribution < 1.29 is 4.79 Å². The molecule has 1 saturated carbocycles. The summed E-state index contributed by atoms with van der Waals surface area (Å²) in [6, 6.07) is 8.33. The average molecular weight is 394 g/mol. The van der Waals surface area contributed by atoms with Gasteiger partial charge in [-0.05, 0) is 49.5 Å². The Labute approximate surface area is 153 Å². The minimum Gasteiger partial charge on any atom is -0.356 e. The van der Waals surface area contributed by atoms with E-state index in [2.05, 4.69) is 50.1 Å². The zero-order valence-electron chi connectivity index (χ0n) is 14.5. The van der Waals surface area contributed by atoms with Crippen molar-refractivity contribution in [3.05, 3.63) is 34.3 Å². The maximum absolute atomic E-state index is 12.3. The Morgan fingerprint density at radius 1 is 1.25 bits per heavy atom. The van der Waals surface area contributed by atoms with E-state index in [0.29, 0.717) is 5.92 Å². The number of hydrogen-bond acceptors (Lipinski definition) is 3. The molecule has 1 amide bonds. The van der Waals surface area contributed by atoms with Crippen LogP contribution in [0.2, 0.25) is 0 Å². The number of amides is 1. The number of carbonyl (C=O) groups is 1. The molecule has 132 valence electrons. The molecule has 2 aliphatic rings. The first-order valence-corrected chi connectivity index (χ1v) is 9.94. The molecule has 1 N–H and O–H groups in total. The van der Waals surface area contributed by atoms with Crippen LogP contribution >= 0.6 is 15.9 Å². The molecular formula is C19H28BrN3O. The number of nitrogens with zero attached hydrogens (tertiary/aromatic N) is 2. The van der Waals surface area contributed by atoms with Gasteiger partial charge < -0.3 is 15.1 Å². The molecule has 5 heteroatoms. The third-order valence-electron chi connectivity index (χ3n) is 5.27. The fourth-order valence-corrected chi connectivity index (χ4v) is 3.98. The van der Waals surface area contributed by atoms with Crippen LogP contribution in [0.4, 0.5) is 0 Å². The molecule has 0 radical (unpaired) electrons. The highest BCUT2D eigenvalue weighted by atomic mass is 79.9. The van der Waals surface area contributed by atoms with Crippen LogP contribution in [0.5, 0.6) is 0 Å². The van der Waals surface area contributed by atoms with Crippen LogP contribution < -0.4 is 5.32 Å². The zero-order valence-corrected chi connectivity index (χ0v) is 16.1. The van der Waals surface area contributed by atoms with Gasteiger partial charge in [-0.1, -0.05) is 35.0 Å². The van der Waals surface area contributed by atoms with Crippen LogP contribution in [0, 0.1) is 5.92 Å². The fraction of sp³-hybridized carbons (Fsp3) is 0.632. The molecule has 1 heterocycles. The van der Waals surface area contributed by atoms with E-state index in [-0.39, 0.29) is 11.8 Å². The normalized spacial score (nSPS) is 24.8. The molecule has 3 rings (SSSR count). The Bertz CT molecular complexity index is 557. The number of carbonyl (C=O) groups excluding carboxylic acids is 1. The largest absolute Gasteiger partial charge is 0.356 e. The zero-order chi connectivity index (χ0) is 16.9. The summed E-state index contributed by atoms with van der Waals surface area (Å²) in [6.45, 7) is 9.96. The van der Waals surface area contributed by atoms with Crippen LogP contribution in [-0.2, 0) is 4.79 Å². The topological polar surface area (TPSA) is 35.6 Å². The molecule has 0 spiro atoms. The van der Waals surface area contributed by atoms with E-state index in [0.717, 1.165) is 50.0 Å². The van der Waals surface area contributed by atoms with Crippen LogP contribution in [0.25, 0.3) is 0 Å². The van der Waals surface area contributed by atoms with Crippen molar-refractivity contribution in [1.82, 2.24) is 15.1 Å². The number of rotatable bonds is 7. The van der Waals surface area contributed by atoms with Gasteiger partial charge in [-0.2, -0.15) is 0 Å². The Morgan fingerprint density at radius 3 is 2.71 bits per heavy atom. The third-order valence-corrected chi connectivity index (χ3v) is 5.76. The lowest BCUT2D eigenvalue weighted by Crippen LogP contribution is -2.46. The van der Waals surface area contributed by atoms with Gasteiger partial charge in [0.1, 0.15) is 0 Å². The standard InChI is InChI=1S/C19H28BrN3O/c1-2-22-9-11-23(12-10-22)8-4-7-21-19(24)18-14-17(18)15-5-3-6-16(20)13-15/h3,5-6,13,17-18H,2,4,7-12,14H2,1H3,(H,21,24). The second-order valence-electron chi connectivity index (χ2n) is 6.92. The first-order chi connectivity index (χ1) is 11.7. The lowest BCUT2D eigenvalue weighted by Gasteiger charge is -2.33. The molecule has 2 fully saturated rings. The van der Waals surface area contributed by atoms with Gasteiger partial charge in [0.15, 0.2) is 0 Å². The SMILES string of the molecule is CCN1CCN(CCCNC(=O)C2CC2c2cccc(Br)c2)CC1. The van der Waals surface area contributed by atoms with Crippen LogP contribution in [0.1, 0.15) is 31.2 Å². The van der Waals surface area contributed by atoms with Gasteiger partial charge in [-0.25, -0.2) is 0 Å². The number of nitrogens with one attached hydrogen (secondary N) is 1. The van der Waals surface area contributed by atoms with Gasteiger partial charge in [0.25, 0.3) is 0 Å². The van der Waals surface area contributed by atoms with Crippen molar-refractivity contribution in [2.45, 2.75) is 25.7 Å². The summed E-state index contributed by atoms with van der Waals surface area (Å²) in [5.41, 5.74) is 1.28. The average Bonchev–Trinajstić information content (AvgIpc) is 3.40. The summed E-state index contributed by atoms with van der Waals surface area (Å²) < 4.78 is 1.09. The Morgan fingerprint density at radius 2 is 2.00 bits per heavy atom. The molecular weight excluding hydrogens is 366 g/mol. The Kier molecular flexibility index (Phi) is 6.31. The third kappa shape index (κ3) is 4.80. The van der Waals surface area contributed by atoms with Crippen molar-refractivity contribution in [3.63, 3.8) is 0 Å². The number of hydrogen-bond donors (Lipinski definition) is 1. The van der Waals surface area contributed by atoms with E-state index in [1.807, 2.05) is 12.1 Å². The summed E-state index contributed by atoms with van der Waals surface area (Å²) >= 11 is 3.50. The summed E-state index contributed by atoms with van der Waals surface area (Å²) in [5.74, 6) is 0.813. The number of halogens is 1. The van der Waals surface area contributed by atoms with E-state index in [4.69, 9.17) is 0 Å². The Hall–Kier alpha value is -0.910. The molecule has 1 saturated heterocycles. The van der Waals surface area contributed by atoms with E-state index >= 15 is 0 Å². The van der Waals surface area contributed by atoms with Gasteiger partial charge in [0.2, 0.25) is 5.91 Å². The Balaban J connectivity index is 1.31. The second-order valence-corrected chi connectivity index (χ2v) is 7.84. The molecule has 1 aromatic carbocycles. The van der Waals surface area contributed by atoms with Crippen molar-refractivity contribution in [2.24, 2.45) is 5.92 Å².